The van der Waals surface area contributed by atoms with E-state index in [0.29, 0.717) is 4.32 Å². The molecule has 0 radical (unpaired) electrons. The van der Waals surface area contributed by atoms with E-state index in [1.54, 1.807) is 0 Å². The van der Waals surface area contributed by atoms with Gasteiger partial charge in [0.2, 0.25) is 0 Å². The third-order valence-electron chi connectivity index (χ3n) is 2.73. The zero-order chi connectivity index (χ0) is 12.5. The van der Waals surface area contributed by atoms with Crippen LogP contribution in [-0.4, -0.2) is 53.2 Å². The number of unbranched alkanes of at least 4 members (excludes halogenated alkanes) is 4. The van der Waals surface area contributed by atoms with Gasteiger partial charge in [-0.1, -0.05) is 74.8 Å². The summed E-state index contributed by atoms with van der Waals surface area (Å²) in [5, 5.41) is 0. The van der Waals surface area contributed by atoms with Crippen LogP contribution in [0, 0.1) is 0 Å². The molecule has 1 rings (SSSR count). The maximum Gasteiger partial charge on any atom is 2.00 e. The van der Waals surface area contributed by atoms with Gasteiger partial charge in [0.15, 0.2) is 0 Å². The molecule has 0 aliphatic rings. The second-order valence-corrected chi connectivity index (χ2v) is 5.98. The maximum atomic E-state index is 5.58. The average Bonchev–Trinajstić information content (AvgIpc) is 2.30. The Morgan fingerprint density at radius 3 is 2.50 bits per heavy atom. The summed E-state index contributed by atoms with van der Waals surface area (Å²) in [5.74, 6) is 0. The van der Waals surface area contributed by atoms with E-state index < -0.39 is 0 Å². The summed E-state index contributed by atoms with van der Waals surface area (Å²) in [6, 6.07) is 8.41. The molecule has 1 nitrogen and oxygen atoms in total. The van der Waals surface area contributed by atoms with Gasteiger partial charge < -0.3 is 5.73 Å². The van der Waals surface area contributed by atoms with Crippen molar-refractivity contribution in [3.8, 4) is 0 Å². The Kier molecular flexibility index (Phi) is 12.5. The molecule has 1 aromatic rings. The second-order valence-electron chi connectivity index (χ2n) is 4.19. The Labute approximate surface area is 161 Å². The van der Waals surface area contributed by atoms with Gasteiger partial charge in [0.25, 0.3) is 0 Å². The van der Waals surface area contributed by atoms with Gasteiger partial charge >= 0.3 is 48.9 Å². The number of thioether (sulfide) groups is 1. The third-order valence-corrected chi connectivity index (χ3v) is 3.80. The Hall–Kier alpha value is 1.03. The van der Waals surface area contributed by atoms with Crippen molar-refractivity contribution in [3.63, 3.8) is 0 Å². The van der Waals surface area contributed by atoms with Gasteiger partial charge in [-0.05, 0) is 24.5 Å². The van der Waals surface area contributed by atoms with Gasteiger partial charge in [-0.25, -0.2) is 0 Å². The monoisotopic (exact) mass is 405 g/mol. The quantitative estimate of drug-likeness (QED) is 0.320. The minimum absolute atomic E-state index is 0. The van der Waals surface area contributed by atoms with E-state index >= 15 is 0 Å². The van der Waals surface area contributed by atoms with E-state index in [1.165, 1.54) is 54.3 Å². The Morgan fingerprint density at radius 2 is 1.83 bits per heavy atom. The molecular weight excluding hydrogens is 384 g/mol. The van der Waals surface area contributed by atoms with Crippen LogP contribution in [0.2, 0.25) is 0 Å². The summed E-state index contributed by atoms with van der Waals surface area (Å²) in [6.45, 7) is 2.24. The summed E-state index contributed by atoms with van der Waals surface area (Å²) in [4.78, 5) is 1.22. The molecule has 4 heteroatoms. The van der Waals surface area contributed by atoms with Crippen LogP contribution >= 0.6 is 24.0 Å². The molecule has 0 aromatic heterocycles. The predicted octanol–water partition coefficient (Wildman–Crippen LogP) is 4.15. The van der Waals surface area contributed by atoms with Crippen LogP contribution in [0.25, 0.3) is 0 Å². The fraction of sp³-hybridized carbons (Fsp3) is 0.500. The number of hydrogen-bond donors (Lipinski definition) is 1. The molecule has 0 spiro atoms. The van der Waals surface area contributed by atoms with Gasteiger partial charge in [0.1, 0.15) is 4.32 Å². The van der Waals surface area contributed by atoms with Crippen LogP contribution in [-0.2, 0) is 6.42 Å². The van der Waals surface area contributed by atoms with Crippen LogP contribution in [0.4, 0.5) is 0 Å². The van der Waals surface area contributed by atoms with E-state index in [0.717, 1.165) is 6.42 Å². The summed E-state index contributed by atoms with van der Waals surface area (Å²) in [7, 11) is 0. The van der Waals surface area contributed by atoms with Crippen molar-refractivity contribution in [3.05, 3.63) is 29.8 Å². The first-order valence-corrected chi connectivity index (χ1v) is 7.51. The van der Waals surface area contributed by atoms with Gasteiger partial charge in [-0.3, -0.25) is 0 Å². The molecule has 2 N–H and O–H groups in total. The number of hydrogen-bond acceptors (Lipinski definition) is 2. The number of rotatable bonds is 7. The van der Waals surface area contributed by atoms with E-state index in [9.17, 15) is 0 Å². The normalized spacial score (nSPS) is 9.83. The first-order chi connectivity index (χ1) is 8.24. The van der Waals surface area contributed by atoms with Crippen molar-refractivity contribution in [2.75, 3.05) is 0 Å². The van der Waals surface area contributed by atoms with Crippen molar-refractivity contribution < 1.29 is 0 Å². The molecular formula is C14H21BaNS2+2. The molecule has 0 saturated carbocycles. The smallest absolute Gasteiger partial charge is 0.384 e. The Morgan fingerprint density at radius 1 is 1.17 bits per heavy atom. The number of nitrogens with two attached hydrogens (primary N) is 1. The molecule has 0 bridgehead atoms. The van der Waals surface area contributed by atoms with Crippen molar-refractivity contribution in [1.82, 2.24) is 0 Å². The maximum absolute atomic E-state index is 5.58. The molecule has 0 atom stereocenters. The van der Waals surface area contributed by atoms with Crippen molar-refractivity contribution in [2.45, 2.75) is 50.3 Å². The molecule has 94 valence electrons. The minimum Gasteiger partial charge on any atom is -0.384 e. The van der Waals surface area contributed by atoms with Gasteiger partial charge in [0.05, 0.1) is 0 Å². The van der Waals surface area contributed by atoms with Crippen LogP contribution in [0.3, 0.4) is 0 Å². The molecule has 0 amide bonds. The van der Waals surface area contributed by atoms with Crippen molar-refractivity contribution in [1.29, 1.82) is 0 Å². The van der Waals surface area contributed by atoms with Gasteiger partial charge in [-0.2, -0.15) is 0 Å². The van der Waals surface area contributed by atoms with Crippen LogP contribution in [0.1, 0.15) is 44.6 Å². The Balaban J connectivity index is 0.00000289. The van der Waals surface area contributed by atoms with Crippen LogP contribution in [0.15, 0.2) is 29.2 Å². The minimum atomic E-state index is 0. The summed E-state index contributed by atoms with van der Waals surface area (Å²) >= 11 is 6.45. The molecule has 0 aliphatic heterocycles. The van der Waals surface area contributed by atoms with Crippen molar-refractivity contribution >= 4 is 77.2 Å². The topological polar surface area (TPSA) is 26.0 Å². The zero-order valence-electron chi connectivity index (χ0n) is 11.2. The molecule has 1 aromatic carbocycles. The van der Waals surface area contributed by atoms with E-state index in [4.69, 9.17) is 18.0 Å². The standard InChI is InChI=1S/C14H21NS2.Ba/c1-2-3-4-5-6-9-12-10-7-8-11-13(12)17-14(15)16;/h7-8,10-11H,2-6,9H2,1H3,(H2,15,16);/q;+2. The molecule has 0 heterocycles. The molecule has 0 fully saturated rings. The van der Waals surface area contributed by atoms with E-state index in [-0.39, 0.29) is 48.9 Å². The first-order valence-electron chi connectivity index (χ1n) is 6.29. The Bertz CT molecular complexity index is 355. The van der Waals surface area contributed by atoms with E-state index in [2.05, 4.69) is 25.1 Å². The predicted molar refractivity (Wildman–Crippen MR) is 87.3 cm³/mol. The fourth-order valence-corrected chi connectivity index (χ4v) is 2.77. The molecule has 18 heavy (non-hydrogen) atoms. The molecule has 0 aliphatic carbocycles. The summed E-state index contributed by atoms with van der Waals surface area (Å²) < 4.78 is 0.503. The van der Waals surface area contributed by atoms with Crippen LogP contribution < -0.4 is 5.73 Å². The number of thiocarbonyl (C=S) groups is 1. The van der Waals surface area contributed by atoms with Crippen molar-refractivity contribution in [2.24, 2.45) is 5.73 Å². The molecule has 0 saturated heterocycles. The van der Waals surface area contributed by atoms with Gasteiger partial charge in [0, 0.05) is 4.90 Å². The second kappa shape index (κ2) is 11.8. The molecule has 0 unspecified atom stereocenters. The first kappa shape index (κ1) is 19.0. The van der Waals surface area contributed by atoms with E-state index in [1.807, 2.05) is 6.07 Å². The number of aryl methyl sites for hydroxylation is 1. The largest absolute Gasteiger partial charge is 2.00 e. The average molecular weight is 405 g/mol. The third kappa shape index (κ3) is 8.25. The fourth-order valence-electron chi connectivity index (χ4n) is 1.84. The van der Waals surface area contributed by atoms with Gasteiger partial charge in [-0.15, -0.1) is 0 Å². The summed E-state index contributed by atoms with van der Waals surface area (Å²) in [5.41, 5.74) is 6.96. The number of benzene rings is 1. The SMILES string of the molecule is CCCCCCCc1ccccc1SC(N)=S.[Ba+2]. The zero-order valence-corrected chi connectivity index (χ0v) is 17.2. The van der Waals surface area contributed by atoms with Crippen LogP contribution in [0.5, 0.6) is 0 Å². The summed E-state index contributed by atoms with van der Waals surface area (Å²) in [6.07, 6.45) is 7.71.